The Hall–Kier alpha value is -1.88. The van der Waals surface area contributed by atoms with Gasteiger partial charge in [-0.15, -0.1) is 0 Å². The van der Waals surface area contributed by atoms with Crippen LogP contribution in [0.2, 0.25) is 0 Å². The van der Waals surface area contributed by atoms with Gasteiger partial charge in [-0.2, -0.15) is 0 Å². The molecule has 0 radical (unpaired) electrons. The van der Waals surface area contributed by atoms with E-state index in [1.54, 1.807) is 7.11 Å². The van der Waals surface area contributed by atoms with E-state index >= 15 is 0 Å². The fourth-order valence-corrected chi connectivity index (χ4v) is 3.41. The Morgan fingerprint density at radius 1 is 1.29 bits per heavy atom. The fourth-order valence-electron chi connectivity index (χ4n) is 3.41. The maximum absolute atomic E-state index is 12.3. The Kier molecular flexibility index (Phi) is 3.68. The summed E-state index contributed by atoms with van der Waals surface area (Å²) in [5.74, 6) is 0.436. The summed E-state index contributed by atoms with van der Waals surface area (Å²) < 4.78 is 5.17. The molecule has 3 rings (SSSR count). The van der Waals surface area contributed by atoms with Gasteiger partial charge in [0, 0.05) is 12.6 Å². The van der Waals surface area contributed by atoms with Gasteiger partial charge < -0.3 is 10.5 Å². The number of likely N-dealkylation sites (tertiary alicyclic amines) is 1. The van der Waals surface area contributed by atoms with E-state index in [2.05, 4.69) is 0 Å². The van der Waals surface area contributed by atoms with E-state index in [0.717, 1.165) is 30.6 Å². The van der Waals surface area contributed by atoms with Gasteiger partial charge >= 0.3 is 0 Å². The van der Waals surface area contributed by atoms with E-state index < -0.39 is 0 Å². The lowest BCUT2D eigenvalue weighted by molar-refractivity contribution is -0.140. The van der Waals surface area contributed by atoms with Crippen LogP contribution in [-0.4, -0.2) is 30.4 Å². The Balaban J connectivity index is 1.74. The molecule has 1 aromatic carbocycles. The number of fused-ring (bicyclic) bond motifs is 1. The summed E-state index contributed by atoms with van der Waals surface area (Å²) in [6.07, 6.45) is 2.64. The Morgan fingerprint density at radius 3 is 2.57 bits per heavy atom. The lowest BCUT2D eigenvalue weighted by Crippen LogP contribution is -2.37. The highest BCUT2D eigenvalue weighted by molar-refractivity contribution is 6.05. The van der Waals surface area contributed by atoms with Gasteiger partial charge in [0.2, 0.25) is 11.8 Å². The first kappa shape index (κ1) is 14.1. The van der Waals surface area contributed by atoms with Gasteiger partial charge in [0.25, 0.3) is 0 Å². The van der Waals surface area contributed by atoms with Crippen molar-refractivity contribution >= 4 is 11.8 Å². The molecule has 0 bridgehead atoms. The van der Waals surface area contributed by atoms with Crippen LogP contribution in [0, 0.1) is 11.8 Å². The van der Waals surface area contributed by atoms with Gasteiger partial charge in [-0.1, -0.05) is 18.6 Å². The van der Waals surface area contributed by atoms with Crippen LogP contribution in [-0.2, 0) is 9.59 Å². The topological polar surface area (TPSA) is 72.6 Å². The number of imide groups is 1. The third kappa shape index (κ3) is 2.42. The smallest absolute Gasteiger partial charge is 0.233 e. The third-order valence-corrected chi connectivity index (χ3v) is 4.58. The fraction of sp³-hybridized carbons (Fsp3) is 0.500. The van der Waals surface area contributed by atoms with Crippen LogP contribution >= 0.6 is 0 Å². The number of carbonyl (C=O) groups is 2. The predicted octanol–water partition coefficient (Wildman–Crippen LogP) is 1.48. The van der Waals surface area contributed by atoms with Crippen molar-refractivity contribution in [2.45, 2.75) is 25.3 Å². The highest BCUT2D eigenvalue weighted by Crippen LogP contribution is 2.40. The van der Waals surface area contributed by atoms with Crippen LogP contribution < -0.4 is 10.5 Å². The highest BCUT2D eigenvalue weighted by Gasteiger charge is 2.49. The molecule has 1 heterocycles. The first-order valence-corrected chi connectivity index (χ1v) is 7.36. The molecule has 3 atom stereocenters. The summed E-state index contributed by atoms with van der Waals surface area (Å²) in [7, 11) is 1.60. The molecule has 2 N–H and O–H groups in total. The largest absolute Gasteiger partial charge is 0.497 e. The van der Waals surface area contributed by atoms with Crippen molar-refractivity contribution < 1.29 is 14.3 Å². The maximum atomic E-state index is 12.3. The Morgan fingerprint density at radius 2 is 1.95 bits per heavy atom. The zero-order valence-corrected chi connectivity index (χ0v) is 12.1. The van der Waals surface area contributed by atoms with Crippen LogP contribution in [0.25, 0.3) is 0 Å². The van der Waals surface area contributed by atoms with E-state index in [4.69, 9.17) is 10.5 Å². The number of rotatable bonds is 4. The van der Waals surface area contributed by atoms with Crippen LogP contribution in [0.1, 0.15) is 30.9 Å². The van der Waals surface area contributed by atoms with Gasteiger partial charge in [-0.25, -0.2) is 0 Å². The molecule has 2 amide bonds. The summed E-state index contributed by atoms with van der Waals surface area (Å²) >= 11 is 0. The molecule has 0 aromatic heterocycles. The number of benzene rings is 1. The Bertz CT molecular complexity index is 550. The molecule has 1 aromatic rings. The van der Waals surface area contributed by atoms with E-state index in [1.165, 1.54) is 4.90 Å². The molecule has 112 valence electrons. The third-order valence-electron chi connectivity index (χ3n) is 4.58. The normalized spacial score (nSPS) is 26.1. The summed E-state index contributed by atoms with van der Waals surface area (Å²) in [5, 5.41) is 0. The zero-order valence-electron chi connectivity index (χ0n) is 12.1. The first-order chi connectivity index (χ1) is 10.1. The molecule has 3 unspecified atom stereocenters. The minimum absolute atomic E-state index is 0.0409. The lowest BCUT2D eigenvalue weighted by atomic mass is 10.00. The van der Waals surface area contributed by atoms with Crippen molar-refractivity contribution in [1.29, 1.82) is 0 Å². The van der Waals surface area contributed by atoms with Crippen molar-refractivity contribution in [3.63, 3.8) is 0 Å². The van der Waals surface area contributed by atoms with Crippen LogP contribution in [0.15, 0.2) is 24.3 Å². The quantitative estimate of drug-likeness (QED) is 0.852. The number of nitrogens with zero attached hydrogens (tertiary/aromatic N) is 1. The molecule has 2 fully saturated rings. The molecule has 1 saturated carbocycles. The second-order valence-electron chi connectivity index (χ2n) is 5.81. The lowest BCUT2D eigenvalue weighted by Gasteiger charge is -2.21. The van der Waals surface area contributed by atoms with Crippen molar-refractivity contribution in [3.05, 3.63) is 29.8 Å². The standard InChI is InChI=1S/C16H20N2O3/c1-21-11-5-2-4-10(8-11)14(17)9-18-15(19)12-6-3-7-13(12)16(18)20/h2,4-5,8,12-14H,3,6-7,9,17H2,1H3. The second-order valence-corrected chi connectivity index (χ2v) is 5.81. The maximum Gasteiger partial charge on any atom is 0.233 e. The SMILES string of the molecule is COc1cccc(C(N)CN2C(=O)C3CCCC3C2=O)c1. The van der Waals surface area contributed by atoms with E-state index in [-0.39, 0.29) is 36.2 Å². The van der Waals surface area contributed by atoms with E-state index in [0.29, 0.717) is 0 Å². The molecular formula is C16H20N2O3. The molecule has 1 aliphatic heterocycles. The summed E-state index contributed by atoms with van der Waals surface area (Å²) in [4.78, 5) is 26.0. The number of nitrogens with two attached hydrogens (primary N) is 1. The number of carbonyl (C=O) groups excluding carboxylic acids is 2. The van der Waals surface area contributed by atoms with Crippen molar-refractivity contribution in [1.82, 2.24) is 4.90 Å². The van der Waals surface area contributed by atoms with Crippen molar-refractivity contribution in [2.75, 3.05) is 13.7 Å². The van der Waals surface area contributed by atoms with Crippen molar-refractivity contribution in [2.24, 2.45) is 17.6 Å². The van der Waals surface area contributed by atoms with E-state index in [9.17, 15) is 9.59 Å². The minimum atomic E-state index is -0.383. The molecular weight excluding hydrogens is 268 g/mol. The summed E-state index contributed by atoms with van der Waals surface area (Å²) in [5.41, 5.74) is 7.04. The van der Waals surface area contributed by atoms with Gasteiger partial charge in [-0.3, -0.25) is 14.5 Å². The zero-order chi connectivity index (χ0) is 15.0. The molecule has 1 aliphatic carbocycles. The average molecular weight is 288 g/mol. The van der Waals surface area contributed by atoms with Gasteiger partial charge in [0.05, 0.1) is 18.9 Å². The van der Waals surface area contributed by atoms with Crippen LogP contribution in [0.5, 0.6) is 5.75 Å². The number of amides is 2. The van der Waals surface area contributed by atoms with Crippen LogP contribution in [0.3, 0.4) is 0 Å². The number of hydrogen-bond donors (Lipinski definition) is 1. The molecule has 21 heavy (non-hydrogen) atoms. The number of hydrogen-bond acceptors (Lipinski definition) is 4. The monoisotopic (exact) mass is 288 g/mol. The van der Waals surface area contributed by atoms with Crippen LogP contribution in [0.4, 0.5) is 0 Å². The molecule has 0 spiro atoms. The molecule has 5 heteroatoms. The van der Waals surface area contributed by atoms with E-state index in [1.807, 2.05) is 24.3 Å². The molecule has 1 saturated heterocycles. The van der Waals surface area contributed by atoms with Gasteiger partial charge in [0.1, 0.15) is 5.75 Å². The molecule has 2 aliphatic rings. The predicted molar refractivity (Wildman–Crippen MR) is 77.5 cm³/mol. The van der Waals surface area contributed by atoms with Gasteiger partial charge in [0.15, 0.2) is 0 Å². The van der Waals surface area contributed by atoms with Crippen molar-refractivity contribution in [3.8, 4) is 5.75 Å². The average Bonchev–Trinajstić information content (AvgIpc) is 3.07. The summed E-state index contributed by atoms with van der Waals surface area (Å²) in [6.45, 7) is 0.248. The summed E-state index contributed by atoms with van der Waals surface area (Å²) in [6, 6.07) is 7.05. The number of methoxy groups -OCH3 is 1. The Labute approximate surface area is 124 Å². The minimum Gasteiger partial charge on any atom is -0.497 e. The second kappa shape index (κ2) is 5.48. The highest BCUT2D eigenvalue weighted by atomic mass is 16.5. The number of ether oxygens (including phenoxy) is 1. The van der Waals surface area contributed by atoms with Gasteiger partial charge in [-0.05, 0) is 30.5 Å². The molecule has 5 nitrogen and oxygen atoms in total. The first-order valence-electron chi connectivity index (χ1n) is 7.36.